The summed E-state index contributed by atoms with van der Waals surface area (Å²) in [6.07, 6.45) is 0. The first-order chi connectivity index (χ1) is 13.2. The van der Waals surface area contributed by atoms with E-state index in [4.69, 9.17) is 5.26 Å². The van der Waals surface area contributed by atoms with E-state index in [1.807, 2.05) is 18.2 Å². The van der Waals surface area contributed by atoms with Crippen LogP contribution in [0.5, 0.6) is 0 Å². The van der Waals surface area contributed by atoms with E-state index < -0.39 is 6.04 Å². The number of carbonyl (C=O) groups is 2. The van der Waals surface area contributed by atoms with Crippen LogP contribution in [0.15, 0.2) is 84.9 Å². The standard InChI is InChI=1S/C22H17N3O2/c23-15-16-8-7-13-19(14-16)24-22(27)20(17-9-3-1-4-10-17)25-21(26)18-11-5-2-6-12-18/h1-14,20H,(H,24,27)(H,25,26). The van der Waals surface area contributed by atoms with Gasteiger partial charge < -0.3 is 10.6 Å². The Labute approximate surface area is 157 Å². The molecule has 0 radical (unpaired) electrons. The Bertz CT molecular complexity index is 979. The molecule has 27 heavy (non-hydrogen) atoms. The largest absolute Gasteiger partial charge is 0.336 e. The van der Waals surface area contributed by atoms with Gasteiger partial charge in [0.15, 0.2) is 0 Å². The maximum absolute atomic E-state index is 12.9. The fourth-order valence-corrected chi connectivity index (χ4v) is 2.63. The molecule has 0 bridgehead atoms. The molecule has 0 aromatic heterocycles. The molecule has 5 heteroatoms. The highest BCUT2D eigenvalue weighted by Gasteiger charge is 2.23. The van der Waals surface area contributed by atoms with Crippen LogP contribution >= 0.6 is 0 Å². The van der Waals surface area contributed by atoms with Crippen molar-refractivity contribution in [2.75, 3.05) is 5.32 Å². The van der Waals surface area contributed by atoms with Gasteiger partial charge in [-0.3, -0.25) is 9.59 Å². The number of anilines is 1. The first-order valence-corrected chi connectivity index (χ1v) is 8.39. The summed E-state index contributed by atoms with van der Waals surface area (Å²) < 4.78 is 0. The zero-order chi connectivity index (χ0) is 19.1. The van der Waals surface area contributed by atoms with Gasteiger partial charge in [-0.05, 0) is 35.9 Å². The second-order valence-electron chi connectivity index (χ2n) is 5.87. The number of amides is 2. The highest BCUT2D eigenvalue weighted by atomic mass is 16.2. The summed E-state index contributed by atoms with van der Waals surface area (Å²) in [7, 11) is 0. The molecule has 0 saturated heterocycles. The van der Waals surface area contributed by atoms with Crippen LogP contribution in [0.3, 0.4) is 0 Å². The van der Waals surface area contributed by atoms with Crippen LogP contribution in [0.1, 0.15) is 27.5 Å². The number of carbonyl (C=O) groups excluding carboxylic acids is 2. The first kappa shape index (κ1) is 17.9. The number of nitrogens with zero attached hydrogens (tertiary/aromatic N) is 1. The van der Waals surface area contributed by atoms with Crippen molar-refractivity contribution in [2.24, 2.45) is 0 Å². The SMILES string of the molecule is N#Cc1cccc(NC(=O)C(NC(=O)c2ccccc2)c2ccccc2)c1. The molecule has 3 aromatic rings. The Morgan fingerprint density at radius 2 is 1.52 bits per heavy atom. The Hall–Kier alpha value is -3.91. The number of hydrogen-bond acceptors (Lipinski definition) is 3. The fraction of sp³-hybridized carbons (Fsp3) is 0.0455. The predicted molar refractivity (Wildman–Crippen MR) is 103 cm³/mol. The van der Waals surface area contributed by atoms with E-state index in [2.05, 4.69) is 10.6 Å². The Balaban J connectivity index is 1.84. The molecule has 0 aliphatic carbocycles. The van der Waals surface area contributed by atoms with Gasteiger partial charge in [-0.1, -0.05) is 54.6 Å². The maximum Gasteiger partial charge on any atom is 0.252 e. The summed E-state index contributed by atoms with van der Waals surface area (Å²) in [6.45, 7) is 0. The van der Waals surface area contributed by atoms with Gasteiger partial charge in [0, 0.05) is 11.3 Å². The molecule has 5 nitrogen and oxygen atoms in total. The van der Waals surface area contributed by atoms with Crippen molar-refractivity contribution in [1.82, 2.24) is 5.32 Å². The van der Waals surface area contributed by atoms with E-state index in [1.165, 1.54) is 0 Å². The molecule has 3 aromatic carbocycles. The summed E-state index contributed by atoms with van der Waals surface area (Å²) in [5.74, 6) is -0.731. The summed E-state index contributed by atoms with van der Waals surface area (Å²) >= 11 is 0. The highest BCUT2D eigenvalue weighted by Crippen LogP contribution is 2.18. The van der Waals surface area contributed by atoms with Crippen LogP contribution in [0.25, 0.3) is 0 Å². The van der Waals surface area contributed by atoms with Crippen molar-refractivity contribution in [3.63, 3.8) is 0 Å². The Morgan fingerprint density at radius 3 is 2.19 bits per heavy atom. The van der Waals surface area contributed by atoms with E-state index in [1.54, 1.807) is 72.8 Å². The van der Waals surface area contributed by atoms with Crippen LogP contribution in [-0.4, -0.2) is 11.8 Å². The van der Waals surface area contributed by atoms with Gasteiger partial charge in [-0.25, -0.2) is 0 Å². The van der Waals surface area contributed by atoms with Gasteiger partial charge in [0.25, 0.3) is 11.8 Å². The first-order valence-electron chi connectivity index (χ1n) is 8.39. The second kappa shape index (κ2) is 8.45. The van der Waals surface area contributed by atoms with Gasteiger partial charge >= 0.3 is 0 Å². The number of hydrogen-bond donors (Lipinski definition) is 2. The third-order valence-corrected chi connectivity index (χ3v) is 3.97. The van der Waals surface area contributed by atoms with E-state index in [-0.39, 0.29) is 11.8 Å². The third kappa shape index (κ3) is 4.59. The van der Waals surface area contributed by atoms with Gasteiger partial charge in [0.2, 0.25) is 0 Å². The lowest BCUT2D eigenvalue weighted by atomic mass is 10.0. The van der Waals surface area contributed by atoms with Crippen molar-refractivity contribution < 1.29 is 9.59 Å². The summed E-state index contributed by atoms with van der Waals surface area (Å²) in [4.78, 5) is 25.4. The Morgan fingerprint density at radius 1 is 0.852 bits per heavy atom. The van der Waals surface area contributed by atoms with Crippen LogP contribution in [-0.2, 0) is 4.79 Å². The second-order valence-corrected chi connectivity index (χ2v) is 5.87. The topological polar surface area (TPSA) is 82.0 Å². The van der Waals surface area contributed by atoms with Crippen LogP contribution < -0.4 is 10.6 Å². The molecule has 3 rings (SSSR count). The Kier molecular flexibility index (Phi) is 5.60. The van der Waals surface area contributed by atoms with Crippen LogP contribution in [0.2, 0.25) is 0 Å². The fourth-order valence-electron chi connectivity index (χ4n) is 2.63. The van der Waals surface area contributed by atoms with Gasteiger partial charge in [-0.2, -0.15) is 5.26 Å². The zero-order valence-corrected chi connectivity index (χ0v) is 14.4. The molecule has 132 valence electrons. The maximum atomic E-state index is 12.9. The van der Waals surface area contributed by atoms with Crippen molar-refractivity contribution in [2.45, 2.75) is 6.04 Å². The lowest BCUT2D eigenvalue weighted by Crippen LogP contribution is -2.37. The van der Waals surface area contributed by atoms with Crippen LogP contribution in [0.4, 0.5) is 5.69 Å². The predicted octanol–water partition coefficient (Wildman–Crippen LogP) is 3.67. The molecule has 1 atom stereocenters. The summed E-state index contributed by atoms with van der Waals surface area (Å²) in [5, 5.41) is 14.6. The average molecular weight is 355 g/mol. The van der Waals surface area contributed by atoms with Gasteiger partial charge in [0.1, 0.15) is 6.04 Å². The van der Waals surface area contributed by atoms with Gasteiger partial charge in [0.05, 0.1) is 11.6 Å². The van der Waals surface area contributed by atoms with E-state index in [0.29, 0.717) is 22.4 Å². The van der Waals surface area contributed by atoms with Crippen LogP contribution in [0, 0.1) is 11.3 Å². The molecule has 1 unspecified atom stereocenters. The lowest BCUT2D eigenvalue weighted by Gasteiger charge is -2.19. The molecular weight excluding hydrogens is 338 g/mol. The van der Waals surface area contributed by atoms with Crippen molar-refractivity contribution >= 4 is 17.5 Å². The van der Waals surface area contributed by atoms with Crippen molar-refractivity contribution in [3.05, 3.63) is 102 Å². The van der Waals surface area contributed by atoms with E-state index in [9.17, 15) is 9.59 Å². The number of benzene rings is 3. The summed E-state index contributed by atoms with van der Waals surface area (Å²) in [5.41, 5.74) is 2.07. The van der Waals surface area contributed by atoms with E-state index in [0.717, 1.165) is 0 Å². The van der Waals surface area contributed by atoms with Crippen molar-refractivity contribution in [3.8, 4) is 6.07 Å². The summed E-state index contributed by atoms with van der Waals surface area (Å²) in [6, 6.07) is 25.5. The minimum Gasteiger partial charge on any atom is -0.336 e. The molecule has 0 spiro atoms. The number of nitriles is 1. The molecule has 0 aliphatic heterocycles. The number of rotatable bonds is 5. The van der Waals surface area contributed by atoms with Gasteiger partial charge in [-0.15, -0.1) is 0 Å². The minimum absolute atomic E-state index is 0.342. The molecule has 0 heterocycles. The minimum atomic E-state index is -0.871. The quantitative estimate of drug-likeness (QED) is 0.733. The number of nitrogens with one attached hydrogen (secondary N) is 2. The molecule has 0 saturated carbocycles. The highest BCUT2D eigenvalue weighted by molar-refractivity contribution is 6.01. The lowest BCUT2D eigenvalue weighted by molar-refractivity contribution is -0.118. The molecular formula is C22H17N3O2. The molecule has 2 amide bonds. The van der Waals surface area contributed by atoms with E-state index >= 15 is 0 Å². The normalized spacial score (nSPS) is 11.1. The molecule has 0 fully saturated rings. The smallest absolute Gasteiger partial charge is 0.252 e. The molecule has 2 N–H and O–H groups in total. The zero-order valence-electron chi connectivity index (χ0n) is 14.4. The molecule has 0 aliphatic rings. The third-order valence-electron chi connectivity index (χ3n) is 3.97. The average Bonchev–Trinajstić information content (AvgIpc) is 2.73. The van der Waals surface area contributed by atoms with Crippen molar-refractivity contribution in [1.29, 1.82) is 5.26 Å². The monoisotopic (exact) mass is 355 g/mol.